The lowest BCUT2D eigenvalue weighted by molar-refractivity contribution is 0.319. The first-order valence-electron chi connectivity index (χ1n) is 12.3. The Kier molecular flexibility index (Phi) is 7.92. The van der Waals surface area contributed by atoms with Crippen LogP contribution >= 0.6 is 46.2 Å². The van der Waals surface area contributed by atoms with Crippen LogP contribution in [0.3, 0.4) is 0 Å². The largest absolute Gasteiger partial charge is 0.315 e. The Morgan fingerprint density at radius 2 is 1.77 bits per heavy atom. The molecule has 7 nitrogen and oxygen atoms in total. The molecule has 39 heavy (non-hydrogen) atoms. The minimum Gasteiger partial charge on any atom is -0.315 e. The van der Waals surface area contributed by atoms with E-state index in [9.17, 15) is 8.42 Å². The molecule has 5 aromatic rings. The lowest BCUT2D eigenvalue weighted by Crippen LogP contribution is -2.37. The first-order chi connectivity index (χ1) is 18.9. The van der Waals surface area contributed by atoms with Crippen LogP contribution in [0.5, 0.6) is 0 Å². The van der Waals surface area contributed by atoms with Crippen molar-refractivity contribution < 1.29 is 8.42 Å². The molecule has 4 aromatic heterocycles. The lowest BCUT2D eigenvalue weighted by Gasteiger charge is -2.29. The molecule has 0 unspecified atom stereocenters. The second-order valence-electron chi connectivity index (χ2n) is 9.12. The van der Waals surface area contributed by atoms with Gasteiger partial charge in [0.2, 0.25) is 10.0 Å². The molecule has 12 heteroatoms. The van der Waals surface area contributed by atoms with Gasteiger partial charge < -0.3 is 5.32 Å². The Bertz CT molecular complexity index is 1700. The summed E-state index contributed by atoms with van der Waals surface area (Å²) in [7, 11) is -3.14. The number of pyridine rings is 2. The van der Waals surface area contributed by atoms with Gasteiger partial charge in [-0.2, -0.15) is 0 Å². The van der Waals surface area contributed by atoms with Gasteiger partial charge in [-0.15, -0.1) is 22.7 Å². The Morgan fingerprint density at radius 3 is 2.56 bits per heavy atom. The number of hydrogen-bond donors (Lipinski definition) is 1. The van der Waals surface area contributed by atoms with E-state index >= 15 is 0 Å². The van der Waals surface area contributed by atoms with Gasteiger partial charge in [-0.1, -0.05) is 41.7 Å². The fraction of sp³-hybridized carbons (Fsp3) is 0.222. The van der Waals surface area contributed by atoms with Gasteiger partial charge in [0.1, 0.15) is 5.82 Å². The number of nitrogens with one attached hydrogen (secondary N) is 1. The number of rotatable bonds is 8. The highest BCUT2D eigenvalue weighted by atomic mass is 32.2. The number of piperidine rings is 1. The maximum atomic E-state index is 11.9. The van der Waals surface area contributed by atoms with Crippen molar-refractivity contribution in [1.29, 1.82) is 0 Å². The third-order valence-electron chi connectivity index (χ3n) is 6.42. The molecule has 0 amide bonds. The number of hydrogen-bond acceptors (Lipinski definition) is 10. The Balaban J connectivity index is 1.23. The Morgan fingerprint density at radius 1 is 0.974 bits per heavy atom. The van der Waals surface area contributed by atoms with Crippen LogP contribution < -0.4 is 5.32 Å². The standard InChI is InChI=1S/C27H25N5O2S5/c1-39(33,34)32-12-8-18(9-13-32)22-17-36-27(30-22)31-26-24(37-19-5-3-2-4-6-19)15-20(16-29-26)38-23-7-11-28-21-10-14-35-25(21)23/h2-7,10-11,14-18H,8-9,12-13H2,1H3,(H,29,30,31). The van der Waals surface area contributed by atoms with E-state index in [4.69, 9.17) is 9.97 Å². The number of sulfonamides is 1. The van der Waals surface area contributed by atoms with Crippen LogP contribution in [-0.2, 0) is 10.0 Å². The summed E-state index contributed by atoms with van der Waals surface area (Å²) >= 11 is 6.61. The van der Waals surface area contributed by atoms with E-state index in [1.165, 1.54) is 15.9 Å². The zero-order valence-corrected chi connectivity index (χ0v) is 25.1. The van der Waals surface area contributed by atoms with Gasteiger partial charge in [0.25, 0.3) is 0 Å². The van der Waals surface area contributed by atoms with Crippen LogP contribution in [-0.4, -0.2) is 47.0 Å². The first-order valence-corrected chi connectivity index (χ1v) is 17.6. The van der Waals surface area contributed by atoms with Crippen molar-refractivity contribution in [1.82, 2.24) is 19.3 Å². The molecular formula is C27H25N5O2S5. The molecule has 0 atom stereocenters. The van der Waals surface area contributed by atoms with Crippen molar-refractivity contribution in [2.75, 3.05) is 24.7 Å². The summed E-state index contributed by atoms with van der Waals surface area (Å²) in [5.41, 5.74) is 2.02. The highest BCUT2D eigenvalue weighted by Crippen LogP contribution is 2.41. The summed E-state index contributed by atoms with van der Waals surface area (Å²) in [5, 5.41) is 8.39. The summed E-state index contributed by atoms with van der Waals surface area (Å²) in [6, 6.07) is 16.5. The van der Waals surface area contributed by atoms with E-state index in [-0.39, 0.29) is 5.92 Å². The highest BCUT2D eigenvalue weighted by Gasteiger charge is 2.27. The maximum absolute atomic E-state index is 11.9. The molecule has 0 saturated carbocycles. The van der Waals surface area contributed by atoms with Gasteiger partial charge in [-0.25, -0.2) is 22.7 Å². The highest BCUT2D eigenvalue weighted by molar-refractivity contribution is 8.00. The second-order valence-corrected chi connectivity index (χ2v) is 15.1. The van der Waals surface area contributed by atoms with Crippen molar-refractivity contribution >= 4 is 77.4 Å². The molecule has 6 rings (SSSR count). The predicted octanol–water partition coefficient (Wildman–Crippen LogP) is 7.33. The number of aromatic nitrogens is 3. The molecule has 1 saturated heterocycles. The smallest absolute Gasteiger partial charge is 0.211 e. The van der Waals surface area contributed by atoms with E-state index in [0.717, 1.165) is 49.7 Å². The van der Waals surface area contributed by atoms with Crippen molar-refractivity contribution in [3.05, 3.63) is 77.4 Å². The average Bonchev–Trinajstić information content (AvgIpc) is 3.61. The van der Waals surface area contributed by atoms with Crippen LogP contribution in [0.25, 0.3) is 10.2 Å². The minimum absolute atomic E-state index is 0.258. The molecule has 200 valence electrons. The molecule has 1 aliphatic heterocycles. The van der Waals surface area contributed by atoms with Crippen LogP contribution in [0, 0.1) is 0 Å². The monoisotopic (exact) mass is 611 g/mol. The first kappa shape index (κ1) is 26.7. The molecule has 1 N–H and O–H groups in total. The molecular weight excluding hydrogens is 587 g/mol. The molecule has 5 heterocycles. The van der Waals surface area contributed by atoms with Crippen molar-refractivity contribution in [3.63, 3.8) is 0 Å². The van der Waals surface area contributed by atoms with E-state index in [1.54, 1.807) is 50.5 Å². The van der Waals surface area contributed by atoms with Crippen molar-refractivity contribution in [2.45, 2.75) is 38.3 Å². The summed E-state index contributed by atoms with van der Waals surface area (Å²) in [4.78, 5) is 18.5. The van der Waals surface area contributed by atoms with Crippen LogP contribution in [0.4, 0.5) is 10.9 Å². The zero-order chi connectivity index (χ0) is 26.8. The third-order valence-corrected chi connectivity index (χ3v) is 11.6. The van der Waals surface area contributed by atoms with Crippen LogP contribution in [0.15, 0.2) is 91.3 Å². The average molecular weight is 612 g/mol. The van der Waals surface area contributed by atoms with Crippen molar-refractivity contribution in [3.8, 4) is 0 Å². The van der Waals surface area contributed by atoms with Crippen LogP contribution in [0.2, 0.25) is 0 Å². The quantitative estimate of drug-likeness (QED) is 0.195. The van der Waals surface area contributed by atoms with Gasteiger partial charge in [-0.3, -0.25) is 4.98 Å². The molecule has 0 aliphatic carbocycles. The summed E-state index contributed by atoms with van der Waals surface area (Å²) in [6.07, 6.45) is 6.59. The number of benzene rings is 1. The summed E-state index contributed by atoms with van der Waals surface area (Å²) in [6.45, 7) is 1.08. The van der Waals surface area contributed by atoms with Gasteiger partial charge in [0.15, 0.2) is 5.13 Å². The second kappa shape index (κ2) is 11.6. The number of nitrogens with zero attached hydrogens (tertiary/aromatic N) is 4. The topological polar surface area (TPSA) is 88.1 Å². The summed E-state index contributed by atoms with van der Waals surface area (Å²) in [5.74, 6) is 1.02. The molecule has 0 bridgehead atoms. The number of anilines is 2. The predicted molar refractivity (Wildman–Crippen MR) is 162 cm³/mol. The summed E-state index contributed by atoms with van der Waals surface area (Å²) < 4.78 is 26.5. The lowest BCUT2D eigenvalue weighted by atomic mass is 9.95. The third kappa shape index (κ3) is 6.31. The fourth-order valence-corrected chi connectivity index (χ4v) is 9.01. The minimum atomic E-state index is -3.14. The molecule has 1 aliphatic rings. The Hall–Kier alpha value is -2.48. The molecule has 0 spiro atoms. The van der Waals surface area contributed by atoms with E-state index < -0.39 is 10.0 Å². The normalized spacial score (nSPS) is 15.1. The van der Waals surface area contributed by atoms with Gasteiger partial charge in [0, 0.05) is 51.5 Å². The zero-order valence-electron chi connectivity index (χ0n) is 21.0. The van der Waals surface area contributed by atoms with Gasteiger partial charge in [0.05, 0.1) is 27.1 Å². The fourth-order valence-electron chi connectivity index (χ4n) is 4.44. The molecule has 1 fully saturated rings. The van der Waals surface area contributed by atoms with E-state index in [2.05, 4.69) is 45.3 Å². The van der Waals surface area contributed by atoms with E-state index in [0.29, 0.717) is 13.1 Å². The Labute approximate surface area is 244 Å². The van der Waals surface area contributed by atoms with Gasteiger partial charge in [-0.05, 0) is 48.6 Å². The maximum Gasteiger partial charge on any atom is 0.211 e. The molecule has 1 aromatic carbocycles. The van der Waals surface area contributed by atoms with Crippen molar-refractivity contribution in [2.24, 2.45) is 0 Å². The van der Waals surface area contributed by atoms with Crippen LogP contribution in [0.1, 0.15) is 24.5 Å². The number of thiazole rings is 1. The SMILES string of the molecule is CS(=O)(=O)N1CCC(c2csc(Nc3ncc(Sc4ccnc5ccsc45)cc3Sc3ccccc3)n2)CC1. The van der Waals surface area contributed by atoms with Gasteiger partial charge >= 0.3 is 0 Å². The van der Waals surface area contributed by atoms with E-state index in [1.807, 2.05) is 36.7 Å². The molecule has 0 radical (unpaired) electrons. The number of fused-ring (bicyclic) bond motifs is 1. The number of thiophene rings is 1.